The second-order valence-electron chi connectivity index (χ2n) is 12.6. The van der Waals surface area contributed by atoms with E-state index in [1.54, 1.807) is 0 Å². The third kappa shape index (κ3) is 3.94. The first-order valence-corrected chi connectivity index (χ1v) is 18.6. The number of hydrogen-bond donors (Lipinski definition) is 0. The summed E-state index contributed by atoms with van der Waals surface area (Å²) in [6.07, 6.45) is 3.82. The minimum Gasteiger partial charge on any atom is -0.256 e. The van der Waals surface area contributed by atoms with E-state index >= 15 is 0 Å². The van der Waals surface area contributed by atoms with Gasteiger partial charge in [0.25, 0.3) is 0 Å². The molecule has 0 spiro atoms. The molecule has 0 fully saturated rings. The van der Waals surface area contributed by atoms with Crippen molar-refractivity contribution >= 4 is 50.8 Å². The summed E-state index contributed by atoms with van der Waals surface area (Å²) in [5, 5.41) is 10.3. The molecular weight excluding hydrogens is 561 g/mol. The summed E-state index contributed by atoms with van der Waals surface area (Å²) in [6, 6.07) is 48.8. The van der Waals surface area contributed by atoms with E-state index in [1.165, 1.54) is 76.1 Å². The van der Waals surface area contributed by atoms with Crippen molar-refractivity contribution in [1.82, 2.24) is 9.97 Å². The smallest absolute Gasteiger partial charge is 0.113 e. The number of nitrogens with zero attached hydrogens (tertiary/aromatic N) is 2. The van der Waals surface area contributed by atoms with Crippen LogP contribution in [0.3, 0.4) is 0 Å². The molecule has 3 heterocycles. The first-order valence-electron chi connectivity index (χ1n) is 15.6. The molecule has 0 saturated heterocycles. The van der Waals surface area contributed by atoms with E-state index in [4.69, 9.17) is 9.97 Å². The number of fused-ring (bicyclic) bond motifs is 6. The molecule has 1 aliphatic heterocycles. The first-order chi connectivity index (χ1) is 22.1. The summed E-state index contributed by atoms with van der Waals surface area (Å²) >= 11 is 0. The van der Waals surface area contributed by atoms with E-state index in [1.807, 2.05) is 24.5 Å². The standard InChI is InChI=1S/C42H30N2Si/c1-45(2)39-16-6-5-13-31(39)33-25-35-36(26-40(33)45)42(38-15-8-10-22-44-38)34-24-30(29-18-17-27-11-3-4-12-28(27)23-29)19-20-32(34)41(35)37-14-7-9-21-43-37/h3-26H,1-2H3. The average molecular weight is 591 g/mol. The second kappa shape index (κ2) is 9.81. The fourth-order valence-corrected chi connectivity index (χ4v) is 10.6. The lowest BCUT2D eigenvalue weighted by atomic mass is 9.86. The normalized spacial score (nSPS) is 13.3. The molecule has 0 N–H and O–H groups in total. The lowest BCUT2D eigenvalue weighted by Crippen LogP contribution is -2.49. The second-order valence-corrected chi connectivity index (χ2v) is 16.9. The molecule has 0 aliphatic carbocycles. The lowest BCUT2D eigenvalue weighted by Gasteiger charge is -2.22. The van der Waals surface area contributed by atoms with Crippen molar-refractivity contribution in [3.8, 4) is 44.8 Å². The van der Waals surface area contributed by atoms with Crippen LogP contribution in [0.1, 0.15) is 0 Å². The van der Waals surface area contributed by atoms with Crippen LogP contribution in [0.2, 0.25) is 13.1 Å². The maximum atomic E-state index is 4.96. The van der Waals surface area contributed by atoms with Crippen LogP contribution in [0.4, 0.5) is 0 Å². The van der Waals surface area contributed by atoms with Crippen molar-refractivity contribution in [2.75, 3.05) is 0 Å². The Balaban J connectivity index is 1.44. The summed E-state index contributed by atoms with van der Waals surface area (Å²) < 4.78 is 0. The summed E-state index contributed by atoms with van der Waals surface area (Å²) in [7, 11) is -1.91. The Morgan fingerprint density at radius 2 is 1.02 bits per heavy atom. The van der Waals surface area contributed by atoms with Crippen molar-refractivity contribution in [1.29, 1.82) is 0 Å². The summed E-state index contributed by atoms with van der Waals surface area (Å²) in [4.78, 5) is 9.89. The molecule has 8 aromatic rings. The van der Waals surface area contributed by atoms with E-state index in [0.717, 1.165) is 11.4 Å². The minimum absolute atomic E-state index is 0.987. The Kier molecular flexibility index (Phi) is 5.68. The number of pyridine rings is 2. The number of benzene rings is 6. The van der Waals surface area contributed by atoms with Gasteiger partial charge in [0.1, 0.15) is 8.07 Å². The Hall–Kier alpha value is -5.38. The summed E-state index contributed by atoms with van der Waals surface area (Å²) in [5.41, 5.74) is 9.49. The van der Waals surface area contributed by atoms with E-state index in [9.17, 15) is 0 Å². The van der Waals surface area contributed by atoms with Crippen LogP contribution in [-0.2, 0) is 0 Å². The van der Waals surface area contributed by atoms with Gasteiger partial charge in [0.05, 0.1) is 11.4 Å². The van der Waals surface area contributed by atoms with Gasteiger partial charge in [-0.25, -0.2) is 0 Å². The van der Waals surface area contributed by atoms with Crippen molar-refractivity contribution in [2.24, 2.45) is 0 Å². The molecule has 0 atom stereocenters. The van der Waals surface area contributed by atoms with E-state index in [0.29, 0.717) is 0 Å². The van der Waals surface area contributed by atoms with Gasteiger partial charge in [0.2, 0.25) is 0 Å². The molecule has 2 aromatic heterocycles. The van der Waals surface area contributed by atoms with Crippen LogP contribution in [0.5, 0.6) is 0 Å². The third-order valence-electron chi connectivity index (χ3n) is 9.74. The molecule has 0 bridgehead atoms. The van der Waals surface area contributed by atoms with Crippen molar-refractivity contribution < 1.29 is 0 Å². The molecule has 0 saturated carbocycles. The maximum Gasteiger partial charge on any atom is 0.113 e. The highest BCUT2D eigenvalue weighted by Gasteiger charge is 2.38. The lowest BCUT2D eigenvalue weighted by molar-refractivity contribution is 1.33. The van der Waals surface area contributed by atoms with Crippen molar-refractivity contribution in [3.63, 3.8) is 0 Å². The zero-order valence-corrected chi connectivity index (χ0v) is 26.3. The van der Waals surface area contributed by atoms with Crippen molar-refractivity contribution in [3.05, 3.63) is 146 Å². The maximum absolute atomic E-state index is 4.96. The highest BCUT2D eigenvalue weighted by molar-refractivity contribution is 7.04. The quantitative estimate of drug-likeness (QED) is 0.151. The first kappa shape index (κ1) is 26.1. The SMILES string of the molecule is C[Si]1(C)c2ccccc2-c2cc3c(-c4ccccn4)c4ccc(-c5ccc6ccccc6c5)cc4c(-c4ccccn4)c3cc21. The summed E-state index contributed by atoms with van der Waals surface area (Å²) in [5.74, 6) is 0. The molecule has 1 aliphatic rings. The predicted molar refractivity (Wildman–Crippen MR) is 193 cm³/mol. The fraction of sp³-hybridized carbons (Fsp3) is 0.0476. The Bertz CT molecular complexity index is 2450. The highest BCUT2D eigenvalue weighted by Crippen LogP contribution is 2.45. The fourth-order valence-electron chi connectivity index (χ4n) is 7.54. The zero-order chi connectivity index (χ0) is 30.1. The van der Waals surface area contributed by atoms with Crippen molar-refractivity contribution in [2.45, 2.75) is 13.1 Å². The number of aromatic nitrogens is 2. The van der Waals surface area contributed by atoms with Crippen LogP contribution < -0.4 is 10.4 Å². The Labute approximate surface area is 263 Å². The zero-order valence-electron chi connectivity index (χ0n) is 25.3. The van der Waals surface area contributed by atoms with E-state index < -0.39 is 8.07 Å². The largest absolute Gasteiger partial charge is 0.256 e. The number of hydrogen-bond acceptors (Lipinski definition) is 2. The van der Waals surface area contributed by atoms with Crippen LogP contribution in [-0.4, -0.2) is 18.0 Å². The van der Waals surface area contributed by atoms with Gasteiger partial charge >= 0.3 is 0 Å². The van der Waals surface area contributed by atoms with Gasteiger partial charge in [-0.15, -0.1) is 0 Å². The third-order valence-corrected chi connectivity index (χ3v) is 13.3. The van der Waals surface area contributed by atoms with E-state index in [2.05, 4.69) is 134 Å². The molecular formula is C42H30N2Si. The predicted octanol–water partition coefficient (Wildman–Crippen LogP) is 9.74. The molecule has 2 nitrogen and oxygen atoms in total. The molecule has 0 radical (unpaired) electrons. The molecule has 9 rings (SSSR count). The van der Waals surface area contributed by atoms with Crippen LogP contribution >= 0.6 is 0 Å². The molecule has 6 aromatic carbocycles. The molecule has 3 heteroatoms. The van der Waals surface area contributed by atoms with Crippen LogP contribution in [0.25, 0.3) is 77.1 Å². The molecule has 212 valence electrons. The summed E-state index contributed by atoms with van der Waals surface area (Å²) in [6.45, 7) is 4.98. The molecule has 45 heavy (non-hydrogen) atoms. The topological polar surface area (TPSA) is 25.8 Å². The molecule has 0 amide bonds. The molecule has 0 unspecified atom stereocenters. The minimum atomic E-state index is -1.91. The number of rotatable bonds is 3. The van der Waals surface area contributed by atoms with Gasteiger partial charge in [0, 0.05) is 23.5 Å². The van der Waals surface area contributed by atoms with Gasteiger partial charge in [-0.05, 0) is 107 Å². The van der Waals surface area contributed by atoms with Gasteiger partial charge in [-0.3, -0.25) is 9.97 Å². The van der Waals surface area contributed by atoms with Gasteiger partial charge in [-0.1, -0.05) is 104 Å². The van der Waals surface area contributed by atoms with Gasteiger partial charge in [0.15, 0.2) is 0 Å². The Morgan fingerprint density at radius 1 is 0.422 bits per heavy atom. The van der Waals surface area contributed by atoms with Crippen LogP contribution in [0, 0.1) is 0 Å². The average Bonchev–Trinajstić information content (AvgIpc) is 3.32. The highest BCUT2D eigenvalue weighted by atomic mass is 28.3. The monoisotopic (exact) mass is 590 g/mol. The van der Waals surface area contributed by atoms with E-state index in [-0.39, 0.29) is 0 Å². The Morgan fingerprint density at radius 3 is 1.78 bits per heavy atom. The van der Waals surface area contributed by atoms with Gasteiger partial charge < -0.3 is 0 Å². The van der Waals surface area contributed by atoms with Gasteiger partial charge in [-0.2, -0.15) is 0 Å². The van der Waals surface area contributed by atoms with Crippen LogP contribution in [0.15, 0.2) is 146 Å².